The quantitative estimate of drug-likeness (QED) is 0.843. The topological polar surface area (TPSA) is 38.3 Å². The SMILES string of the molecule is CC1(C)CCC(OC(=O)CNc2cccc(Cl)c2)CC1. The van der Waals surface area contributed by atoms with Crippen LogP contribution in [0.15, 0.2) is 24.3 Å². The minimum Gasteiger partial charge on any atom is -0.461 e. The lowest BCUT2D eigenvalue weighted by Crippen LogP contribution is -2.30. The van der Waals surface area contributed by atoms with E-state index in [1.807, 2.05) is 12.1 Å². The lowest BCUT2D eigenvalue weighted by atomic mass is 9.76. The first-order chi connectivity index (χ1) is 9.44. The predicted octanol–water partition coefficient (Wildman–Crippen LogP) is 4.26. The fourth-order valence-electron chi connectivity index (χ4n) is 2.49. The molecule has 0 bridgehead atoms. The Morgan fingerprint density at radius 1 is 1.40 bits per heavy atom. The van der Waals surface area contributed by atoms with E-state index in [-0.39, 0.29) is 18.6 Å². The van der Waals surface area contributed by atoms with Crippen LogP contribution in [0.2, 0.25) is 5.02 Å². The summed E-state index contributed by atoms with van der Waals surface area (Å²) >= 11 is 5.89. The maximum absolute atomic E-state index is 11.8. The number of ether oxygens (including phenoxy) is 1. The van der Waals surface area contributed by atoms with Crippen molar-refractivity contribution in [2.45, 2.75) is 45.6 Å². The number of halogens is 1. The lowest BCUT2D eigenvalue weighted by molar-refractivity contribution is -0.149. The molecule has 1 aliphatic rings. The average Bonchev–Trinajstić information content (AvgIpc) is 2.39. The van der Waals surface area contributed by atoms with Gasteiger partial charge in [-0.05, 0) is 49.3 Å². The van der Waals surface area contributed by atoms with Crippen LogP contribution < -0.4 is 5.32 Å². The molecular weight excluding hydrogens is 274 g/mol. The molecule has 0 heterocycles. The Morgan fingerprint density at radius 2 is 2.10 bits per heavy atom. The molecule has 3 nitrogen and oxygen atoms in total. The summed E-state index contributed by atoms with van der Waals surface area (Å²) in [6, 6.07) is 7.31. The van der Waals surface area contributed by atoms with Crippen molar-refractivity contribution < 1.29 is 9.53 Å². The van der Waals surface area contributed by atoms with Crippen LogP contribution >= 0.6 is 11.6 Å². The van der Waals surface area contributed by atoms with Crippen LogP contribution in [0, 0.1) is 5.41 Å². The number of hydrogen-bond donors (Lipinski definition) is 1. The fourth-order valence-corrected chi connectivity index (χ4v) is 2.68. The molecule has 1 aromatic carbocycles. The highest BCUT2D eigenvalue weighted by Gasteiger charge is 2.28. The summed E-state index contributed by atoms with van der Waals surface area (Å²) in [5.41, 5.74) is 1.22. The number of carbonyl (C=O) groups is 1. The van der Waals surface area contributed by atoms with Crippen molar-refractivity contribution in [2.75, 3.05) is 11.9 Å². The van der Waals surface area contributed by atoms with Crippen LogP contribution in [0.1, 0.15) is 39.5 Å². The molecule has 110 valence electrons. The summed E-state index contributed by atoms with van der Waals surface area (Å²) in [6.07, 6.45) is 4.25. The van der Waals surface area contributed by atoms with Gasteiger partial charge in [-0.1, -0.05) is 31.5 Å². The molecule has 0 amide bonds. The molecule has 1 aromatic rings. The number of esters is 1. The van der Waals surface area contributed by atoms with Crippen molar-refractivity contribution >= 4 is 23.3 Å². The molecule has 0 saturated heterocycles. The minimum absolute atomic E-state index is 0.0803. The van der Waals surface area contributed by atoms with Crippen LogP contribution in [0.3, 0.4) is 0 Å². The van der Waals surface area contributed by atoms with Gasteiger partial charge in [0, 0.05) is 10.7 Å². The Balaban J connectivity index is 1.73. The third-order valence-electron chi connectivity index (χ3n) is 3.85. The molecule has 1 fully saturated rings. The van der Waals surface area contributed by atoms with E-state index >= 15 is 0 Å². The summed E-state index contributed by atoms with van der Waals surface area (Å²) in [5.74, 6) is -0.199. The summed E-state index contributed by atoms with van der Waals surface area (Å²) in [5, 5.41) is 3.68. The Morgan fingerprint density at radius 3 is 2.75 bits per heavy atom. The summed E-state index contributed by atoms with van der Waals surface area (Å²) in [6.45, 7) is 4.72. The van der Waals surface area contributed by atoms with E-state index in [4.69, 9.17) is 16.3 Å². The van der Waals surface area contributed by atoms with Crippen molar-refractivity contribution in [1.29, 1.82) is 0 Å². The van der Waals surface area contributed by atoms with Gasteiger partial charge in [0.25, 0.3) is 0 Å². The van der Waals surface area contributed by atoms with Gasteiger partial charge in [0.15, 0.2) is 0 Å². The second-order valence-electron chi connectivity index (χ2n) is 6.22. The summed E-state index contributed by atoms with van der Waals surface area (Å²) in [4.78, 5) is 11.8. The van der Waals surface area contributed by atoms with Gasteiger partial charge < -0.3 is 10.1 Å². The van der Waals surface area contributed by atoms with Crippen LogP contribution in [0.4, 0.5) is 5.69 Å². The van der Waals surface area contributed by atoms with Crippen molar-refractivity contribution in [3.63, 3.8) is 0 Å². The van der Waals surface area contributed by atoms with E-state index in [2.05, 4.69) is 19.2 Å². The largest absolute Gasteiger partial charge is 0.461 e. The number of carbonyl (C=O) groups excluding carboxylic acids is 1. The zero-order valence-electron chi connectivity index (χ0n) is 12.1. The van der Waals surface area contributed by atoms with Crippen molar-refractivity contribution in [2.24, 2.45) is 5.41 Å². The highest BCUT2D eigenvalue weighted by Crippen LogP contribution is 2.36. The molecule has 0 unspecified atom stereocenters. The Bertz CT molecular complexity index is 463. The monoisotopic (exact) mass is 295 g/mol. The van der Waals surface area contributed by atoms with E-state index < -0.39 is 0 Å². The van der Waals surface area contributed by atoms with Gasteiger partial charge in [0.05, 0.1) is 0 Å². The number of nitrogens with one attached hydrogen (secondary N) is 1. The number of benzene rings is 1. The minimum atomic E-state index is -0.199. The van der Waals surface area contributed by atoms with E-state index in [9.17, 15) is 4.79 Å². The first-order valence-electron chi connectivity index (χ1n) is 7.14. The van der Waals surface area contributed by atoms with Crippen LogP contribution in [0.25, 0.3) is 0 Å². The van der Waals surface area contributed by atoms with Gasteiger partial charge in [0.2, 0.25) is 0 Å². The fraction of sp³-hybridized carbons (Fsp3) is 0.562. The van der Waals surface area contributed by atoms with Crippen LogP contribution in [0.5, 0.6) is 0 Å². The molecule has 0 atom stereocenters. The smallest absolute Gasteiger partial charge is 0.325 e. The second kappa shape index (κ2) is 6.49. The maximum atomic E-state index is 11.8. The number of anilines is 1. The predicted molar refractivity (Wildman–Crippen MR) is 82.1 cm³/mol. The molecule has 1 aliphatic carbocycles. The lowest BCUT2D eigenvalue weighted by Gasteiger charge is -2.33. The van der Waals surface area contributed by atoms with Gasteiger partial charge in [0.1, 0.15) is 12.6 Å². The van der Waals surface area contributed by atoms with Crippen molar-refractivity contribution in [1.82, 2.24) is 0 Å². The third-order valence-corrected chi connectivity index (χ3v) is 4.08. The molecule has 20 heavy (non-hydrogen) atoms. The van der Waals surface area contributed by atoms with Gasteiger partial charge in [-0.2, -0.15) is 0 Å². The first-order valence-corrected chi connectivity index (χ1v) is 7.51. The first kappa shape index (κ1) is 15.2. The maximum Gasteiger partial charge on any atom is 0.325 e. The number of rotatable bonds is 4. The van der Waals surface area contributed by atoms with Gasteiger partial charge in [-0.15, -0.1) is 0 Å². The Labute approximate surface area is 125 Å². The highest BCUT2D eigenvalue weighted by molar-refractivity contribution is 6.30. The molecule has 0 aromatic heterocycles. The van der Waals surface area contributed by atoms with Crippen molar-refractivity contribution in [3.05, 3.63) is 29.3 Å². The summed E-state index contributed by atoms with van der Waals surface area (Å²) < 4.78 is 5.50. The third kappa shape index (κ3) is 4.71. The van der Waals surface area contributed by atoms with Crippen LogP contribution in [-0.2, 0) is 9.53 Å². The molecular formula is C16H22ClNO2. The Hall–Kier alpha value is -1.22. The highest BCUT2D eigenvalue weighted by atomic mass is 35.5. The molecule has 0 radical (unpaired) electrons. The normalized spacial score (nSPS) is 18.6. The Kier molecular flexibility index (Phi) is 4.92. The summed E-state index contributed by atoms with van der Waals surface area (Å²) in [7, 11) is 0. The van der Waals surface area contributed by atoms with E-state index in [1.165, 1.54) is 0 Å². The zero-order valence-corrected chi connectivity index (χ0v) is 12.9. The zero-order chi connectivity index (χ0) is 14.6. The van der Waals surface area contributed by atoms with Crippen molar-refractivity contribution in [3.8, 4) is 0 Å². The number of hydrogen-bond acceptors (Lipinski definition) is 3. The van der Waals surface area contributed by atoms with Gasteiger partial charge in [-0.3, -0.25) is 4.79 Å². The molecule has 2 rings (SSSR count). The van der Waals surface area contributed by atoms with E-state index in [0.29, 0.717) is 10.4 Å². The van der Waals surface area contributed by atoms with Gasteiger partial charge >= 0.3 is 5.97 Å². The average molecular weight is 296 g/mol. The molecule has 1 saturated carbocycles. The van der Waals surface area contributed by atoms with E-state index in [1.54, 1.807) is 12.1 Å². The molecule has 0 aliphatic heterocycles. The molecule has 0 spiro atoms. The molecule has 4 heteroatoms. The van der Waals surface area contributed by atoms with E-state index in [0.717, 1.165) is 31.4 Å². The van der Waals surface area contributed by atoms with Gasteiger partial charge in [-0.25, -0.2) is 0 Å². The standard InChI is InChI=1S/C16H22ClNO2/c1-16(2)8-6-14(7-9-16)20-15(19)11-18-13-5-3-4-12(17)10-13/h3-5,10,14,18H,6-9,11H2,1-2H3. The second-order valence-corrected chi connectivity index (χ2v) is 6.65. The molecule has 1 N–H and O–H groups in total. The van der Waals surface area contributed by atoms with Crippen LogP contribution in [-0.4, -0.2) is 18.6 Å².